The minimum Gasteiger partial charge on any atom is -0.378 e. The molecule has 1 aliphatic rings. The van der Waals surface area contributed by atoms with Gasteiger partial charge in [0.05, 0.1) is 11.5 Å². The topological polar surface area (TPSA) is 38.3 Å². The lowest BCUT2D eigenvalue weighted by Crippen LogP contribution is -2.47. The van der Waals surface area contributed by atoms with E-state index in [9.17, 15) is 4.79 Å². The second-order valence-corrected chi connectivity index (χ2v) is 5.16. The number of nitrogens with one attached hydrogen (secondary N) is 1. The zero-order chi connectivity index (χ0) is 11.5. The number of hydrogen-bond donors (Lipinski definition) is 1. The lowest BCUT2D eigenvalue weighted by molar-refractivity contribution is -0.130. The highest BCUT2D eigenvalue weighted by atomic mass is 35.5. The Balaban J connectivity index is 2.44. The summed E-state index contributed by atoms with van der Waals surface area (Å²) in [5.74, 6) is 0.383. The average molecular weight is 234 g/mol. The van der Waals surface area contributed by atoms with Crippen molar-refractivity contribution in [2.75, 3.05) is 12.5 Å². The van der Waals surface area contributed by atoms with Crippen LogP contribution in [-0.2, 0) is 9.53 Å². The van der Waals surface area contributed by atoms with Gasteiger partial charge in [0.2, 0.25) is 5.91 Å². The summed E-state index contributed by atoms with van der Waals surface area (Å²) in [4.78, 5) is 11.8. The Labute approximate surface area is 96.5 Å². The van der Waals surface area contributed by atoms with Crippen molar-refractivity contribution < 1.29 is 9.53 Å². The van der Waals surface area contributed by atoms with E-state index in [0.717, 1.165) is 19.4 Å². The largest absolute Gasteiger partial charge is 0.378 e. The van der Waals surface area contributed by atoms with Crippen LogP contribution in [-0.4, -0.2) is 30.5 Å². The Bertz CT molecular complexity index is 231. The molecule has 1 saturated heterocycles. The maximum absolute atomic E-state index is 11.8. The van der Waals surface area contributed by atoms with E-state index in [1.807, 2.05) is 20.8 Å². The van der Waals surface area contributed by atoms with Crippen LogP contribution in [0.1, 0.15) is 33.6 Å². The van der Waals surface area contributed by atoms with Crippen LogP contribution in [0.2, 0.25) is 0 Å². The molecule has 1 amide bonds. The summed E-state index contributed by atoms with van der Waals surface area (Å²) in [6.07, 6.45) is 2.03. The number of carbonyl (C=O) groups is 1. The molecule has 0 aromatic heterocycles. The van der Waals surface area contributed by atoms with Crippen molar-refractivity contribution in [3.63, 3.8) is 0 Å². The van der Waals surface area contributed by atoms with Crippen molar-refractivity contribution in [2.45, 2.75) is 45.8 Å². The Kier molecular flexibility index (Phi) is 4.41. The first-order chi connectivity index (χ1) is 6.95. The maximum atomic E-state index is 11.8. The molecule has 1 aliphatic heterocycles. The highest BCUT2D eigenvalue weighted by Gasteiger charge is 2.29. The van der Waals surface area contributed by atoms with Gasteiger partial charge in [0.25, 0.3) is 0 Å². The van der Waals surface area contributed by atoms with Crippen LogP contribution in [0.25, 0.3) is 0 Å². The minimum absolute atomic E-state index is 0.0385. The molecule has 0 radical (unpaired) electrons. The van der Waals surface area contributed by atoms with E-state index >= 15 is 0 Å². The summed E-state index contributed by atoms with van der Waals surface area (Å²) in [5, 5.41) is 3.04. The van der Waals surface area contributed by atoms with E-state index in [2.05, 4.69) is 5.32 Å². The molecule has 2 unspecified atom stereocenters. The third-order valence-corrected chi connectivity index (χ3v) is 3.44. The van der Waals surface area contributed by atoms with Gasteiger partial charge in [0, 0.05) is 18.5 Å². The van der Waals surface area contributed by atoms with E-state index in [1.54, 1.807) is 0 Å². The van der Waals surface area contributed by atoms with Crippen molar-refractivity contribution >= 4 is 17.5 Å². The Morgan fingerprint density at radius 3 is 2.80 bits per heavy atom. The molecule has 88 valence electrons. The molecule has 1 N–H and O–H groups in total. The molecule has 0 saturated carbocycles. The summed E-state index contributed by atoms with van der Waals surface area (Å²) in [5.41, 5.74) is -0.483. The quantitative estimate of drug-likeness (QED) is 0.757. The first-order valence-electron chi connectivity index (χ1n) is 5.44. The molecular formula is C11H20ClNO2. The van der Waals surface area contributed by atoms with Crippen molar-refractivity contribution in [3.05, 3.63) is 0 Å². The SMILES string of the molecule is CC1CC(NC(=O)C(C)(C)CCl)CCO1. The monoisotopic (exact) mass is 233 g/mol. The number of carbonyl (C=O) groups excluding carboxylic acids is 1. The van der Waals surface area contributed by atoms with E-state index < -0.39 is 5.41 Å². The second kappa shape index (κ2) is 5.17. The van der Waals surface area contributed by atoms with Gasteiger partial charge in [-0.15, -0.1) is 11.6 Å². The standard InChI is InChI=1S/C11H20ClNO2/c1-8-6-9(4-5-15-8)13-10(14)11(2,3)7-12/h8-9H,4-7H2,1-3H3,(H,13,14). The van der Waals surface area contributed by atoms with Gasteiger partial charge in [0.1, 0.15) is 0 Å². The van der Waals surface area contributed by atoms with E-state index in [0.29, 0.717) is 5.88 Å². The molecule has 0 spiro atoms. The number of amides is 1. The summed E-state index contributed by atoms with van der Waals surface area (Å²) in [6.45, 7) is 6.48. The molecule has 0 aromatic carbocycles. The number of halogens is 1. The second-order valence-electron chi connectivity index (χ2n) is 4.89. The lowest BCUT2D eigenvalue weighted by Gasteiger charge is -2.30. The molecule has 0 aromatic rings. The fourth-order valence-electron chi connectivity index (χ4n) is 1.57. The van der Waals surface area contributed by atoms with Gasteiger partial charge in [-0.3, -0.25) is 4.79 Å². The van der Waals surface area contributed by atoms with Crippen LogP contribution >= 0.6 is 11.6 Å². The van der Waals surface area contributed by atoms with Crippen molar-refractivity contribution in [1.82, 2.24) is 5.32 Å². The van der Waals surface area contributed by atoms with Gasteiger partial charge in [-0.25, -0.2) is 0 Å². The molecule has 15 heavy (non-hydrogen) atoms. The van der Waals surface area contributed by atoms with Crippen molar-refractivity contribution in [2.24, 2.45) is 5.41 Å². The van der Waals surface area contributed by atoms with Crippen LogP contribution in [0.15, 0.2) is 0 Å². The zero-order valence-corrected chi connectivity index (χ0v) is 10.4. The molecule has 0 bridgehead atoms. The summed E-state index contributed by atoms with van der Waals surface area (Å²) >= 11 is 5.75. The maximum Gasteiger partial charge on any atom is 0.227 e. The number of ether oxygens (including phenoxy) is 1. The van der Waals surface area contributed by atoms with Gasteiger partial charge in [0.15, 0.2) is 0 Å². The molecule has 1 heterocycles. The van der Waals surface area contributed by atoms with Crippen LogP contribution < -0.4 is 5.32 Å². The smallest absolute Gasteiger partial charge is 0.227 e. The van der Waals surface area contributed by atoms with Crippen molar-refractivity contribution in [1.29, 1.82) is 0 Å². The number of alkyl halides is 1. The summed E-state index contributed by atoms with van der Waals surface area (Å²) in [7, 11) is 0. The molecule has 0 aliphatic carbocycles. The lowest BCUT2D eigenvalue weighted by atomic mass is 9.93. The molecule has 1 fully saturated rings. The predicted molar refractivity (Wildman–Crippen MR) is 61.1 cm³/mol. The molecular weight excluding hydrogens is 214 g/mol. The highest BCUT2D eigenvalue weighted by molar-refractivity contribution is 6.19. The normalized spacial score (nSPS) is 27.5. The Hall–Kier alpha value is -0.280. The summed E-state index contributed by atoms with van der Waals surface area (Å²) < 4.78 is 5.42. The van der Waals surface area contributed by atoms with Gasteiger partial charge in [-0.2, -0.15) is 0 Å². The first-order valence-corrected chi connectivity index (χ1v) is 5.97. The van der Waals surface area contributed by atoms with E-state index in [4.69, 9.17) is 16.3 Å². The van der Waals surface area contributed by atoms with Crippen LogP contribution in [0.5, 0.6) is 0 Å². The summed E-state index contributed by atoms with van der Waals surface area (Å²) in [6, 6.07) is 0.240. The first kappa shape index (κ1) is 12.8. The van der Waals surface area contributed by atoms with Gasteiger partial charge in [-0.05, 0) is 33.6 Å². The Morgan fingerprint density at radius 2 is 2.27 bits per heavy atom. The van der Waals surface area contributed by atoms with E-state index in [1.165, 1.54) is 0 Å². The number of hydrogen-bond acceptors (Lipinski definition) is 2. The zero-order valence-electron chi connectivity index (χ0n) is 9.68. The fraction of sp³-hybridized carbons (Fsp3) is 0.909. The molecule has 2 atom stereocenters. The van der Waals surface area contributed by atoms with Gasteiger partial charge >= 0.3 is 0 Å². The average Bonchev–Trinajstić information content (AvgIpc) is 2.17. The van der Waals surface area contributed by atoms with E-state index in [-0.39, 0.29) is 18.1 Å². The van der Waals surface area contributed by atoms with Crippen LogP contribution in [0.4, 0.5) is 0 Å². The van der Waals surface area contributed by atoms with Crippen LogP contribution in [0.3, 0.4) is 0 Å². The number of rotatable bonds is 3. The molecule has 4 heteroatoms. The predicted octanol–water partition coefficient (Wildman–Crippen LogP) is 1.94. The fourth-order valence-corrected chi connectivity index (χ4v) is 1.69. The molecule has 3 nitrogen and oxygen atoms in total. The third kappa shape index (κ3) is 3.65. The van der Waals surface area contributed by atoms with Crippen LogP contribution in [0, 0.1) is 5.41 Å². The Morgan fingerprint density at radius 1 is 1.60 bits per heavy atom. The third-order valence-electron chi connectivity index (χ3n) is 2.77. The van der Waals surface area contributed by atoms with Gasteiger partial charge < -0.3 is 10.1 Å². The highest BCUT2D eigenvalue weighted by Crippen LogP contribution is 2.19. The molecule has 1 rings (SSSR count). The van der Waals surface area contributed by atoms with Crippen molar-refractivity contribution in [3.8, 4) is 0 Å². The van der Waals surface area contributed by atoms with Gasteiger partial charge in [-0.1, -0.05) is 0 Å². The minimum atomic E-state index is -0.483.